The topological polar surface area (TPSA) is 65.4 Å². The van der Waals surface area contributed by atoms with Crippen molar-refractivity contribution in [2.24, 2.45) is 7.05 Å². The zero-order valence-electron chi connectivity index (χ0n) is 14.8. The van der Waals surface area contributed by atoms with Gasteiger partial charge in [-0.3, -0.25) is 9.48 Å². The number of benzene rings is 1. The summed E-state index contributed by atoms with van der Waals surface area (Å²) in [7, 11) is 3.28. The third-order valence-electron chi connectivity index (χ3n) is 4.34. The molecule has 0 radical (unpaired) electrons. The number of hydrogen-bond acceptors (Lipinski definition) is 4. The van der Waals surface area contributed by atoms with Crippen LogP contribution in [0.15, 0.2) is 18.2 Å². The van der Waals surface area contributed by atoms with Gasteiger partial charge in [-0.15, -0.1) is 0 Å². The molecule has 0 saturated carbocycles. The Bertz CT molecular complexity index is 803. The molecule has 0 saturated heterocycles. The van der Waals surface area contributed by atoms with Crippen LogP contribution in [0, 0.1) is 5.82 Å². The van der Waals surface area contributed by atoms with E-state index >= 15 is 0 Å². The van der Waals surface area contributed by atoms with Crippen LogP contribution in [0.2, 0.25) is 0 Å². The van der Waals surface area contributed by atoms with Crippen molar-refractivity contribution in [1.82, 2.24) is 15.1 Å². The van der Waals surface area contributed by atoms with Gasteiger partial charge in [0.15, 0.2) is 5.69 Å². The lowest BCUT2D eigenvalue weighted by Crippen LogP contribution is -2.27. The van der Waals surface area contributed by atoms with E-state index in [-0.39, 0.29) is 24.7 Å². The number of fused-ring (bicyclic) bond motifs is 1. The number of nitrogens with one attached hydrogen (secondary N) is 1. The minimum absolute atomic E-state index is 0.0331. The van der Waals surface area contributed by atoms with Crippen LogP contribution in [-0.2, 0) is 24.8 Å². The first-order chi connectivity index (χ1) is 11.9. The van der Waals surface area contributed by atoms with E-state index in [1.54, 1.807) is 10.7 Å². The number of nitrogens with zero attached hydrogens (tertiary/aromatic N) is 2. The maximum Gasteiger partial charge on any atom is 0.272 e. The van der Waals surface area contributed by atoms with Gasteiger partial charge in [0.1, 0.15) is 11.6 Å². The highest BCUT2D eigenvalue weighted by molar-refractivity contribution is 5.94. The smallest absolute Gasteiger partial charge is 0.272 e. The summed E-state index contributed by atoms with van der Waals surface area (Å²) in [5, 5.41) is 7.18. The van der Waals surface area contributed by atoms with E-state index in [2.05, 4.69) is 10.4 Å². The second kappa shape index (κ2) is 6.84. The van der Waals surface area contributed by atoms with Gasteiger partial charge in [-0.1, -0.05) is 0 Å². The molecule has 25 heavy (non-hydrogen) atoms. The average Bonchev–Trinajstić information content (AvgIpc) is 2.89. The van der Waals surface area contributed by atoms with Gasteiger partial charge in [0.25, 0.3) is 5.91 Å². The number of carbonyl (C=O) groups excluding carboxylic acids is 1. The monoisotopic (exact) mass is 347 g/mol. The molecule has 2 heterocycles. The number of methoxy groups -OCH3 is 1. The van der Waals surface area contributed by atoms with E-state index in [0.29, 0.717) is 23.4 Å². The summed E-state index contributed by atoms with van der Waals surface area (Å²) in [6.07, 6.45) is 0.570. The Labute approximate surface area is 145 Å². The molecule has 1 amide bonds. The number of hydrogen-bond donors (Lipinski definition) is 1. The normalized spacial score (nSPS) is 19.4. The van der Waals surface area contributed by atoms with Crippen LogP contribution >= 0.6 is 0 Å². The van der Waals surface area contributed by atoms with Crippen LogP contribution in [0.25, 0.3) is 0 Å². The molecule has 0 unspecified atom stereocenters. The Morgan fingerprint density at radius 2 is 2.20 bits per heavy atom. The van der Waals surface area contributed by atoms with Crippen molar-refractivity contribution in [3.8, 4) is 5.75 Å². The van der Waals surface area contributed by atoms with Crippen LogP contribution in [-0.4, -0.2) is 28.9 Å². The Balaban J connectivity index is 1.79. The van der Waals surface area contributed by atoms with Crippen LogP contribution in [0.1, 0.15) is 47.3 Å². The molecule has 134 valence electrons. The second-order valence-corrected chi connectivity index (χ2v) is 6.31. The van der Waals surface area contributed by atoms with Gasteiger partial charge in [-0.2, -0.15) is 5.10 Å². The molecule has 0 aliphatic carbocycles. The number of carbonyl (C=O) groups is 1. The van der Waals surface area contributed by atoms with Crippen molar-refractivity contribution < 1.29 is 18.7 Å². The van der Waals surface area contributed by atoms with Gasteiger partial charge in [-0.05, 0) is 31.5 Å². The van der Waals surface area contributed by atoms with Crippen molar-refractivity contribution in [2.45, 2.75) is 39.0 Å². The molecule has 3 rings (SSSR count). The molecule has 0 spiro atoms. The predicted molar refractivity (Wildman–Crippen MR) is 90.0 cm³/mol. The fraction of sp³-hybridized carbons (Fsp3) is 0.444. The summed E-state index contributed by atoms with van der Waals surface area (Å²) < 4.78 is 26.1. The minimum atomic E-state index is -0.404. The number of halogens is 1. The van der Waals surface area contributed by atoms with Gasteiger partial charge in [0.05, 0.1) is 25.0 Å². The van der Waals surface area contributed by atoms with Crippen LogP contribution in [0.3, 0.4) is 0 Å². The first kappa shape index (κ1) is 17.4. The number of rotatable bonds is 4. The molecule has 1 aromatic carbocycles. The maximum atomic E-state index is 13.6. The molecule has 6 nitrogen and oxygen atoms in total. The summed E-state index contributed by atoms with van der Waals surface area (Å²) in [5.74, 6) is -0.265. The van der Waals surface area contributed by atoms with E-state index in [0.717, 1.165) is 11.3 Å². The molecule has 1 aliphatic heterocycles. The summed E-state index contributed by atoms with van der Waals surface area (Å²) in [6, 6.07) is 4.35. The lowest BCUT2D eigenvalue weighted by Gasteiger charge is -2.26. The van der Waals surface area contributed by atoms with E-state index in [4.69, 9.17) is 9.47 Å². The molecule has 2 aromatic rings. The van der Waals surface area contributed by atoms with Crippen molar-refractivity contribution in [3.63, 3.8) is 0 Å². The minimum Gasteiger partial charge on any atom is -0.497 e. The third kappa shape index (κ3) is 3.51. The lowest BCUT2D eigenvalue weighted by atomic mass is 9.99. The fourth-order valence-corrected chi connectivity index (χ4v) is 3.33. The molecule has 1 aliphatic rings. The molecule has 1 aromatic heterocycles. The summed E-state index contributed by atoms with van der Waals surface area (Å²) in [4.78, 5) is 12.6. The van der Waals surface area contributed by atoms with Crippen molar-refractivity contribution in [1.29, 1.82) is 0 Å². The van der Waals surface area contributed by atoms with E-state index < -0.39 is 5.82 Å². The van der Waals surface area contributed by atoms with Gasteiger partial charge in [0, 0.05) is 31.6 Å². The summed E-state index contributed by atoms with van der Waals surface area (Å²) in [6.45, 7) is 4.13. The zero-order valence-corrected chi connectivity index (χ0v) is 14.8. The van der Waals surface area contributed by atoms with Gasteiger partial charge >= 0.3 is 0 Å². The van der Waals surface area contributed by atoms with Crippen LogP contribution in [0.4, 0.5) is 4.39 Å². The van der Waals surface area contributed by atoms with Crippen molar-refractivity contribution >= 4 is 5.91 Å². The highest BCUT2D eigenvalue weighted by Crippen LogP contribution is 2.31. The SMILES string of the molecule is COc1cc(F)cc(CNC(=O)c2nn(C)c3c2C[C@H](C)O[C@@H]3C)c1. The van der Waals surface area contributed by atoms with Crippen LogP contribution < -0.4 is 10.1 Å². The van der Waals surface area contributed by atoms with Crippen molar-refractivity contribution in [3.05, 3.63) is 46.5 Å². The average molecular weight is 347 g/mol. The van der Waals surface area contributed by atoms with E-state index in [1.165, 1.54) is 19.2 Å². The maximum absolute atomic E-state index is 13.6. The molecular weight excluding hydrogens is 325 g/mol. The fourth-order valence-electron chi connectivity index (χ4n) is 3.33. The Hall–Kier alpha value is -2.41. The molecular formula is C18H22FN3O3. The Kier molecular flexibility index (Phi) is 4.76. The lowest BCUT2D eigenvalue weighted by molar-refractivity contribution is -0.00903. The standard InChI is InChI=1S/C18H22FN3O3/c1-10-5-15-16(21-22(3)17(15)11(2)25-10)18(23)20-9-12-6-13(19)8-14(7-12)24-4/h6-8,10-11H,5,9H2,1-4H3,(H,20,23)/t10-,11+/m0/s1. The zero-order chi connectivity index (χ0) is 18.1. The number of ether oxygens (including phenoxy) is 2. The molecule has 0 fully saturated rings. The molecule has 7 heteroatoms. The highest BCUT2D eigenvalue weighted by Gasteiger charge is 2.31. The van der Waals surface area contributed by atoms with E-state index in [1.807, 2.05) is 20.9 Å². The predicted octanol–water partition coefficient (Wildman–Crippen LogP) is 2.52. The largest absolute Gasteiger partial charge is 0.497 e. The molecule has 2 atom stereocenters. The summed E-state index contributed by atoms with van der Waals surface area (Å²) >= 11 is 0. The van der Waals surface area contributed by atoms with E-state index in [9.17, 15) is 9.18 Å². The second-order valence-electron chi connectivity index (χ2n) is 6.31. The Morgan fingerprint density at radius 3 is 2.92 bits per heavy atom. The molecule has 1 N–H and O–H groups in total. The Morgan fingerprint density at radius 1 is 1.44 bits per heavy atom. The first-order valence-electron chi connectivity index (χ1n) is 8.22. The van der Waals surface area contributed by atoms with Crippen LogP contribution in [0.5, 0.6) is 5.75 Å². The van der Waals surface area contributed by atoms with Crippen molar-refractivity contribution in [2.75, 3.05) is 7.11 Å². The van der Waals surface area contributed by atoms with Gasteiger partial charge < -0.3 is 14.8 Å². The number of aryl methyl sites for hydroxylation is 1. The highest BCUT2D eigenvalue weighted by atomic mass is 19.1. The van der Waals surface area contributed by atoms with Gasteiger partial charge in [-0.25, -0.2) is 4.39 Å². The quantitative estimate of drug-likeness (QED) is 0.923. The number of amides is 1. The number of aromatic nitrogens is 2. The van der Waals surface area contributed by atoms with Gasteiger partial charge in [0.2, 0.25) is 0 Å². The molecule has 0 bridgehead atoms. The first-order valence-corrected chi connectivity index (χ1v) is 8.22. The summed E-state index contributed by atoms with van der Waals surface area (Å²) in [5.41, 5.74) is 2.88. The third-order valence-corrected chi connectivity index (χ3v) is 4.34.